The lowest BCUT2D eigenvalue weighted by atomic mass is 10.1. The van der Waals surface area contributed by atoms with Gasteiger partial charge in [0.15, 0.2) is 0 Å². The van der Waals surface area contributed by atoms with E-state index < -0.39 is 0 Å². The van der Waals surface area contributed by atoms with E-state index in [9.17, 15) is 4.79 Å². The van der Waals surface area contributed by atoms with Crippen molar-refractivity contribution in [2.75, 3.05) is 0 Å². The lowest BCUT2D eigenvalue weighted by Crippen LogP contribution is -1.97. The van der Waals surface area contributed by atoms with Crippen molar-refractivity contribution in [2.24, 2.45) is 0 Å². The molecule has 1 rings (SSSR count). The van der Waals surface area contributed by atoms with Gasteiger partial charge in [-0.25, -0.2) is 0 Å². The summed E-state index contributed by atoms with van der Waals surface area (Å²) in [6.07, 6.45) is 4.01. The summed E-state index contributed by atoms with van der Waals surface area (Å²) in [5.74, 6) is 0.147. The summed E-state index contributed by atoms with van der Waals surface area (Å²) in [5, 5.41) is 0.652. The Morgan fingerprint density at radius 2 is 2.13 bits per heavy atom. The van der Waals surface area contributed by atoms with Crippen molar-refractivity contribution in [1.82, 2.24) is 4.98 Å². The van der Waals surface area contributed by atoms with Gasteiger partial charge in [0.1, 0.15) is 5.78 Å². The number of aryl methyl sites for hydroxylation is 1. The van der Waals surface area contributed by atoms with E-state index >= 15 is 0 Å². The number of nitrogens with one attached hydrogen (secondary N) is 1. The van der Waals surface area contributed by atoms with Crippen LogP contribution in [-0.2, 0) is 11.2 Å². The van der Waals surface area contributed by atoms with Crippen LogP contribution in [0.5, 0.6) is 0 Å². The molecule has 15 heavy (non-hydrogen) atoms. The van der Waals surface area contributed by atoms with Gasteiger partial charge in [0.2, 0.25) is 0 Å². The average Bonchev–Trinajstić information content (AvgIpc) is 2.23. The van der Waals surface area contributed by atoms with E-state index in [0.717, 1.165) is 11.1 Å². The standard InChI is InChI=1S/C12H14ClNO/c1-9-3-4-12(13)5-6-14-8-11(9)7-10(2)15/h3-6,8,14H,7H2,1-2H3. The topological polar surface area (TPSA) is 32.9 Å². The number of hydrogen-bond donors (Lipinski definition) is 1. The summed E-state index contributed by atoms with van der Waals surface area (Å²) in [7, 11) is 0. The van der Waals surface area contributed by atoms with Crippen LogP contribution >= 0.6 is 11.6 Å². The quantitative estimate of drug-likeness (QED) is 0.821. The molecule has 0 unspecified atom stereocenters. The molecular formula is C12H14ClNO. The first kappa shape index (κ1) is 11.8. The number of rotatable bonds is 2. The second kappa shape index (κ2) is 5.56. The van der Waals surface area contributed by atoms with Gasteiger partial charge in [-0.05, 0) is 37.1 Å². The van der Waals surface area contributed by atoms with Gasteiger partial charge in [-0.2, -0.15) is 0 Å². The fourth-order valence-corrected chi connectivity index (χ4v) is 1.34. The molecule has 0 aliphatic heterocycles. The number of carbonyl (C=O) groups excluding carboxylic acids is 1. The van der Waals surface area contributed by atoms with Crippen molar-refractivity contribution in [2.45, 2.75) is 20.3 Å². The number of aromatic amines is 1. The highest BCUT2D eigenvalue weighted by atomic mass is 35.5. The van der Waals surface area contributed by atoms with Crippen LogP contribution in [0.15, 0.2) is 30.6 Å². The van der Waals surface area contributed by atoms with Crippen molar-refractivity contribution in [3.05, 3.63) is 46.7 Å². The van der Waals surface area contributed by atoms with Gasteiger partial charge in [0.05, 0.1) is 0 Å². The van der Waals surface area contributed by atoms with Gasteiger partial charge in [-0.1, -0.05) is 17.7 Å². The highest BCUT2D eigenvalue weighted by Gasteiger charge is 1.98. The third kappa shape index (κ3) is 4.17. The number of hydrogen-bond acceptors (Lipinski definition) is 1. The number of halogens is 1. The summed E-state index contributed by atoms with van der Waals surface area (Å²) in [6.45, 7) is 3.54. The molecule has 1 aromatic rings. The normalized spacial score (nSPS) is 9.53. The summed E-state index contributed by atoms with van der Waals surface area (Å²) in [6, 6.07) is 5.49. The van der Waals surface area contributed by atoms with Crippen LogP contribution in [0.3, 0.4) is 0 Å². The summed E-state index contributed by atoms with van der Waals surface area (Å²) < 4.78 is 0. The number of H-pyrrole nitrogens is 1. The van der Waals surface area contributed by atoms with Crippen LogP contribution in [0.2, 0.25) is 5.02 Å². The molecule has 80 valence electrons. The van der Waals surface area contributed by atoms with Crippen molar-refractivity contribution in [3.8, 4) is 0 Å². The van der Waals surface area contributed by atoms with E-state index in [2.05, 4.69) is 4.98 Å². The van der Waals surface area contributed by atoms with E-state index in [1.165, 1.54) is 0 Å². The predicted octanol–water partition coefficient (Wildman–Crippen LogP) is 3.23. The molecule has 0 amide bonds. The molecule has 0 aromatic carbocycles. The lowest BCUT2D eigenvalue weighted by Gasteiger charge is -1.98. The molecule has 0 saturated heterocycles. The Labute approximate surface area is 94.6 Å². The number of Topliss-reactive ketones (excluding diaryl/α,β-unsaturated/α-hetero) is 1. The number of aromatic nitrogens is 1. The van der Waals surface area contributed by atoms with E-state index in [-0.39, 0.29) is 5.78 Å². The maximum absolute atomic E-state index is 11.1. The molecule has 0 bridgehead atoms. The lowest BCUT2D eigenvalue weighted by molar-refractivity contribution is -0.116. The van der Waals surface area contributed by atoms with Crippen LogP contribution in [-0.4, -0.2) is 10.8 Å². The second-order valence-electron chi connectivity index (χ2n) is 3.45. The maximum atomic E-state index is 11.1. The Hall–Kier alpha value is -1.28. The van der Waals surface area contributed by atoms with E-state index in [4.69, 9.17) is 11.6 Å². The zero-order chi connectivity index (χ0) is 11.3. The van der Waals surface area contributed by atoms with E-state index in [1.54, 1.807) is 19.2 Å². The largest absolute Gasteiger partial charge is 0.367 e. The summed E-state index contributed by atoms with van der Waals surface area (Å²) >= 11 is 5.88. The second-order valence-corrected chi connectivity index (χ2v) is 3.89. The zero-order valence-electron chi connectivity index (χ0n) is 8.88. The maximum Gasteiger partial charge on any atom is 0.134 e. The first-order valence-electron chi connectivity index (χ1n) is 4.75. The molecule has 3 heteroatoms. The average molecular weight is 224 g/mol. The van der Waals surface area contributed by atoms with Crippen LogP contribution < -0.4 is 0 Å². The Bertz CT molecular complexity index is 408. The first-order valence-corrected chi connectivity index (χ1v) is 5.13. The third-order valence-electron chi connectivity index (χ3n) is 2.03. The molecule has 0 fully saturated rings. The molecule has 2 nitrogen and oxygen atoms in total. The third-order valence-corrected chi connectivity index (χ3v) is 2.29. The van der Waals surface area contributed by atoms with Gasteiger partial charge in [0.25, 0.3) is 0 Å². The SMILES string of the molecule is CC(=O)Cc1c[nH]ccc(Cl)ccc1C. The van der Waals surface area contributed by atoms with Crippen molar-refractivity contribution in [3.63, 3.8) is 0 Å². The van der Waals surface area contributed by atoms with Crippen molar-refractivity contribution in [1.29, 1.82) is 0 Å². The fourth-order valence-electron chi connectivity index (χ4n) is 1.22. The molecule has 0 atom stereocenters. The summed E-state index contributed by atoms with van der Waals surface area (Å²) in [5.41, 5.74) is 2.02. The molecule has 1 N–H and O–H groups in total. The van der Waals surface area contributed by atoms with Gasteiger partial charge in [-0.15, -0.1) is 0 Å². The molecule has 0 saturated carbocycles. The van der Waals surface area contributed by atoms with Crippen LogP contribution in [0, 0.1) is 6.92 Å². The minimum atomic E-state index is 0.147. The van der Waals surface area contributed by atoms with Crippen LogP contribution in [0.4, 0.5) is 0 Å². The van der Waals surface area contributed by atoms with Gasteiger partial charge in [-0.3, -0.25) is 4.79 Å². The molecular weight excluding hydrogens is 210 g/mol. The molecule has 0 aliphatic rings. The molecule has 0 radical (unpaired) electrons. The minimum absolute atomic E-state index is 0.147. The number of carbonyl (C=O) groups is 1. The highest BCUT2D eigenvalue weighted by molar-refractivity contribution is 6.30. The Balaban J connectivity index is 3.24. The molecule has 1 heterocycles. The Morgan fingerprint density at radius 1 is 1.40 bits per heavy atom. The van der Waals surface area contributed by atoms with Gasteiger partial charge >= 0.3 is 0 Å². The Morgan fingerprint density at radius 3 is 2.80 bits per heavy atom. The van der Waals surface area contributed by atoms with Crippen molar-refractivity contribution >= 4 is 17.4 Å². The van der Waals surface area contributed by atoms with Crippen LogP contribution in [0.25, 0.3) is 0 Å². The monoisotopic (exact) mass is 223 g/mol. The highest BCUT2D eigenvalue weighted by Crippen LogP contribution is 2.08. The molecule has 0 aliphatic carbocycles. The smallest absolute Gasteiger partial charge is 0.134 e. The molecule has 1 aromatic heterocycles. The predicted molar refractivity (Wildman–Crippen MR) is 62.6 cm³/mol. The van der Waals surface area contributed by atoms with E-state index in [0.29, 0.717) is 11.4 Å². The number of ketones is 1. The first-order chi connectivity index (χ1) is 7.09. The fraction of sp³-hybridized carbons (Fsp3) is 0.250. The zero-order valence-corrected chi connectivity index (χ0v) is 9.64. The van der Waals surface area contributed by atoms with Gasteiger partial charge < -0.3 is 4.98 Å². The van der Waals surface area contributed by atoms with E-state index in [1.807, 2.05) is 25.3 Å². The van der Waals surface area contributed by atoms with Gasteiger partial charge in [0, 0.05) is 23.8 Å². The minimum Gasteiger partial charge on any atom is -0.367 e. The Kier molecular flexibility index (Phi) is 4.37. The molecule has 0 spiro atoms. The van der Waals surface area contributed by atoms with Crippen LogP contribution in [0.1, 0.15) is 18.1 Å². The summed E-state index contributed by atoms with van der Waals surface area (Å²) in [4.78, 5) is 14.0. The van der Waals surface area contributed by atoms with Crippen molar-refractivity contribution < 1.29 is 4.79 Å².